The van der Waals surface area contributed by atoms with E-state index in [0.29, 0.717) is 18.0 Å². The number of thiazole rings is 1. The standard InChI is InChI=1S/C16H19ClN2OS/c1-2-3-8-15(20)18-10-9-12-11-21-16(19-12)13-6-4-5-7-14(13)17/h4-7,11H,2-3,8-10H2,1H3,(H,18,20). The summed E-state index contributed by atoms with van der Waals surface area (Å²) in [5.41, 5.74) is 1.95. The predicted molar refractivity (Wildman–Crippen MR) is 88.8 cm³/mol. The molecule has 5 heteroatoms. The summed E-state index contributed by atoms with van der Waals surface area (Å²) in [5.74, 6) is 0.124. The number of halogens is 1. The van der Waals surface area contributed by atoms with Crippen LogP contribution in [-0.2, 0) is 11.2 Å². The van der Waals surface area contributed by atoms with Gasteiger partial charge in [0.25, 0.3) is 0 Å². The van der Waals surface area contributed by atoms with Crippen molar-refractivity contribution in [2.24, 2.45) is 0 Å². The van der Waals surface area contributed by atoms with Crippen LogP contribution in [0.3, 0.4) is 0 Å². The molecule has 0 aliphatic rings. The Kier molecular flexibility index (Phi) is 6.21. The smallest absolute Gasteiger partial charge is 0.220 e. The summed E-state index contributed by atoms with van der Waals surface area (Å²) in [5, 5.41) is 6.59. The van der Waals surface area contributed by atoms with Crippen LogP contribution >= 0.6 is 22.9 Å². The van der Waals surface area contributed by atoms with Gasteiger partial charge in [0.2, 0.25) is 5.91 Å². The van der Waals surface area contributed by atoms with Crippen molar-refractivity contribution in [3.8, 4) is 10.6 Å². The van der Waals surface area contributed by atoms with Gasteiger partial charge in [-0.25, -0.2) is 4.98 Å². The second-order valence-electron chi connectivity index (χ2n) is 4.83. The monoisotopic (exact) mass is 322 g/mol. The number of rotatable bonds is 7. The molecule has 0 atom stereocenters. The molecule has 0 bridgehead atoms. The first-order chi connectivity index (χ1) is 10.2. The number of benzene rings is 1. The number of hydrogen-bond donors (Lipinski definition) is 1. The number of hydrogen-bond acceptors (Lipinski definition) is 3. The average molecular weight is 323 g/mol. The van der Waals surface area contributed by atoms with Crippen LogP contribution in [0.2, 0.25) is 5.02 Å². The fourth-order valence-corrected chi connectivity index (χ4v) is 3.11. The Morgan fingerprint density at radius 3 is 2.95 bits per heavy atom. The van der Waals surface area contributed by atoms with Gasteiger partial charge in [0.1, 0.15) is 5.01 Å². The zero-order valence-electron chi connectivity index (χ0n) is 12.1. The molecule has 1 N–H and O–H groups in total. The zero-order valence-corrected chi connectivity index (χ0v) is 13.6. The second-order valence-corrected chi connectivity index (χ2v) is 6.09. The summed E-state index contributed by atoms with van der Waals surface area (Å²) in [6, 6.07) is 7.70. The molecule has 1 aromatic heterocycles. The van der Waals surface area contributed by atoms with Gasteiger partial charge in [-0.05, 0) is 12.5 Å². The number of nitrogens with one attached hydrogen (secondary N) is 1. The van der Waals surface area contributed by atoms with Gasteiger partial charge in [0.15, 0.2) is 0 Å². The first-order valence-electron chi connectivity index (χ1n) is 7.16. The van der Waals surface area contributed by atoms with E-state index in [-0.39, 0.29) is 5.91 Å². The van der Waals surface area contributed by atoms with E-state index in [1.54, 1.807) is 11.3 Å². The van der Waals surface area contributed by atoms with Crippen LogP contribution in [0.1, 0.15) is 31.9 Å². The molecule has 1 aromatic carbocycles. The molecule has 0 spiro atoms. The molecule has 2 aromatic rings. The summed E-state index contributed by atoms with van der Waals surface area (Å²) in [6.07, 6.45) is 3.34. The van der Waals surface area contributed by atoms with E-state index in [1.165, 1.54) is 0 Å². The topological polar surface area (TPSA) is 42.0 Å². The van der Waals surface area contributed by atoms with Crippen molar-refractivity contribution < 1.29 is 4.79 Å². The summed E-state index contributed by atoms with van der Waals surface area (Å²) in [7, 11) is 0. The zero-order chi connectivity index (χ0) is 15.1. The molecule has 0 saturated carbocycles. The van der Waals surface area contributed by atoms with Crippen molar-refractivity contribution in [2.75, 3.05) is 6.54 Å². The predicted octanol–water partition coefficient (Wildman–Crippen LogP) is 4.31. The highest BCUT2D eigenvalue weighted by molar-refractivity contribution is 7.13. The van der Waals surface area contributed by atoms with Crippen molar-refractivity contribution in [3.63, 3.8) is 0 Å². The fraction of sp³-hybridized carbons (Fsp3) is 0.375. The van der Waals surface area contributed by atoms with E-state index < -0.39 is 0 Å². The van der Waals surface area contributed by atoms with E-state index in [4.69, 9.17) is 11.6 Å². The maximum atomic E-state index is 11.5. The van der Waals surface area contributed by atoms with Gasteiger partial charge in [-0.1, -0.05) is 43.1 Å². The van der Waals surface area contributed by atoms with Crippen LogP contribution in [0.25, 0.3) is 10.6 Å². The Bertz CT molecular complexity index is 597. The van der Waals surface area contributed by atoms with Crippen molar-refractivity contribution in [2.45, 2.75) is 32.6 Å². The van der Waals surface area contributed by atoms with Crippen molar-refractivity contribution in [3.05, 3.63) is 40.4 Å². The Labute approximate surface area is 134 Å². The van der Waals surface area contributed by atoms with Gasteiger partial charge in [0, 0.05) is 30.3 Å². The molecule has 1 heterocycles. The molecule has 112 valence electrons. The highest BCUT2D eigenvalue weighted by atomic mass is 35.5. The van der Waals surface area contributed by atoms with Crippen LogP contribution in [0.5, 0.6) is 0 Å². The quantitative estimate of drug-likeness (QED) is 0.825. The lowest BCUT2D eigenvalue weighted by Gasteiger charge is -2.03. The normalized spacial score (nSPS) is 10.6. The molecular formula is C16H19ClN2OS. The number of aromatic nitrogens is 1. The Morgan fingerprint density at radius 2 is 2.19 bits per heavy atom. The minimum absolute atomic E-state index is 0.124. The maximum absolute atomic E-state index is 11.5. The molecule has 0 radical (unpaired) electrons. The van der Waals surface area contributed by atoms with E-state index in [1.807, 2.05) is 29.6 Å². The molecule has 3 nitrogen and oxygen atoms in total. The van der Waals surface area contributed by atoms with Crippen LogP contribution in [-0.4, -0.2) is 17.4 Å². The number of nitrogens with zero attached hydrogens (tertiary/aromatic N) is 1. The average Bonchev–Trinajstić information content (AvgIpc) is 2.94. The SMILES string of the molecule is CCCCC(=O)NCCc1csc(-c2ccccc2Cl)n1. The molecule has 21 heavy (non-hydrogen) atoms. The molecular weight excluding hydrogens is 304 g/mol. The fourth-order valence-electron chi connectivity index (χ4n) is 1.94. The highest BCUT2D eigenvalue weighted by Gasteiger charge is 2.08. The third-order valence-corrected chi connectivity index (χ3v) is 4.37. The van der Waals surface area contributed by atoms with Crippen LogP contribution in [0.4, 0.5) is 0 Å². The number of carbonyl (C=O) groups excluding carboxylic acids is 1. The largest absolute Gasteiger partial charge is 0.356 e. The van der Waals surface area contributed by atoms with Gasteiger partial charge in [-0.15, -0.1) is 11.3 Å². The lowest BCUT2D eigenvalue weighted by molar-refractivity contribution is -0.121. The van der Waals surface area contributed by atoms with Crippen molar-refractivity contribution in [1.82, 2.24) is 10.3 Å². The van der Waals surface area contributed by atoms with Crippen LogP contribution < -0.4 is 5.32 Å². The van der Waals surface area contributed by atoms with Gasteiger partial charge in [0.05, 0.1) is 10.7 Å². The van der Waals surface area contributed by atoms with Crippen molar-refractivity contribution in [1.29, 1.82) is 0 Å². The molecule has 1 amide bonds. The third-order valence-electron chi connectivity index (χ3n) is 3.12. The van der Waals surface area contributed by atoms with E-state index in [0.717, 1.165) is 35.5 Å². The molecule has 0 fully saturated rings. The Hall–Kier alpha value is -1.39. The first-order valence-corrected chi connectivity index (χ1v) is 8.42. The summed E-state index contributed by atoms with van der Waals surface area (Å²) in [6.45, 7) is 2.72. The van der Waals surface area contributed by atoms with Crippen LogP contribution in [0.15, 0.2) is 29.6 Å². The van der Waals surface area contributed by atoms with E-state index >= 15 is 0 Å². The summed E-state index contributed by atoms with van der Waals surface area (Å²) >= 11 is 7.75. The van der Waals surface area contributed by atoms with E-state index in [2.05, 4.69) is 17.2 Å². The molecule has 0 unspecified atom stereocenters. The summed E-state index contributed by atoms with van der Waals surface area (Å²) in [4.78, 5) is 16.1. The number of unbranched alkanes of at least 4 members (excludes halogenated alkanes) is 1. The minimum atomic E-state index is 0.124. The van der Waals surface area contributed by atoms with Crippen molar-refractivity contribution >= 4 is 28.8 Å². The number of carbonyl (C=O) groups is 1. The highest BCUT2D eigenvalue weighted by Crippen LogP contribution is 2.30. The lowest BCUT2D eigenvalue weighted by atomic mass is 10.2. The van der Waals surface area contributed by atoms with E-state index in [9.17, 15) is 4.79 Å². The summed E-state index contributed by atoms with van der Waals surface area (Å²) < 4.78 is 0. The Morgan fingerprint density at radius 1 is 1.38 bits per heavy atom. The van der Waals surface area contributed by atoms with Gasteiger partial charge >= 0.3 is 0 Å². The lowest BCUT2D eigenvalue weighted by Crippen LogP contribution is -2.25. The third kappa shape index (κ3) is 4.83. The second kappa shape index (κ2) is 8.15. The number of amides is 1. The molecule has 0 aliphatic heterocycles. The molecule has 0 aliphatic carbocycles. The Balaban J connectivity index is 1.87. The molecule has 0 saturated heterocycles. The molecule has 2 rings (SSSR count). The maximum Gasteiger partial charge on any atom is 0.220 e. The van der Waals surface area contributed by atoms with Gasteiger partial charge in [-0.3, -0.25) is 4.79 Å². The minimum Gasteiger partial charge on any atom is -0.356 e. The van der Waals surface area contributed by atoms with Gasteiger partial charge in [-0.2, -0.15) is 0 Å². The van der Waals surface area contributed by atoms with Crippen LogP contribution in [0, 0.1) is 0 Å². The first kappa shape index (κ1) is 16.0. The van der Waals surface area contributed by atoms with Gasteiger partial charge < -0.3 is 5.32 Å².